The lowest BCUT2D eigenvalue weighted by atomic mass is 10.2. The third-order valence-corrected chi connectivity index (χ3v) is 7.25. The molecule has 5 nitrogen and oxygen atoms in total. The van der Waals surface area contributed by atoms with Gasteiger partial charge in [0.1, 0.15) is 5.01 Å². The van der Waals surface area contributed by atoms with E-state index in [-0.39, 0.29) is 5.91 Å². The molecule has 31 heavy (non-hydrogen) atoms. The van der Waals surface area contributed by atoms with E-state index in [9.17, 15) is 4.79 Å². The first-order valence-electron chi connectivity index (χ1n) is 10.9. The highest BCUT2D eigenvalue weighted by atomic mass is 32.1. The molecule has 0 spiro atoms. The Labute approximate surface area is 192 Å². The number of carbonyl (C=O) groups excluding carboxylic acids is 1. The summed E-state index contributed by atoms with van der Waals surface area (Å²) in [6.07, 6.45) is 2.49. The maximum absolute atomic E-state index is 12.2. The Morgan fingerprint density at radius 3 is 2.77 bits per heavy atom. The predicted molar refractivity (Wildman–Crippen MR) is 131 cm³/mol. The molecule has 1 saturated heterocycles. The highest BCUT2D eigenvalue weighted by Crippen LogP contribution is 2.25. The average molecular weight is 455 g/mol. The lowest BCUT2D eigenvalue weighted by Gasteiger charge is -2.36. The van der Waals surface area contributed by atoms with Crippen molar-refractivity contribution in [2.45, 2.75) is 26.2 Å². The van der Waals surface area contributed by atoms with Gasteiger partial charge in [0.15, 0.2) is 0 Å². The summed E-state index contributed by atoms with van der Waals surface area (Å²) < 4.78 is 0. The van der Waals surface area contributed by atoms with Crippen LogP contribution in [-0.2, 0) is 11.2 Å². The largest absolute Gasteiger partial charge is 0.369 e. The molecule has 0 atom stereocenters. The van der Waals surface area contributed by atoms with Gasteiger partial charge in [0.2, 0.25) is 5.91 Å². The van der Waals surface area contributed by atoms with Gasteiger partial charge < -0.3 is 10.2 Å². The first-order chi connectivity index (χ1) is 15.2. The van der Waals surface area contributed by atoms with Crippen LogP contribution in [0.25, 0.3) is 10.6 Å². The summed E-state index contributed by atoms with van der Waals surface area (Å²) in [5, 5.41) is 10.2. The quantitative estimate of drug-likeness (QED) is 0.486. The molecule has 1 fully saturated rings. The smallest absolute Gasteiger partial charge is 0.226 e. The Balaban J connectivity index is 1.09. The van der Waals surface area contributed by atoms with E-state index >= 15 is 0 Å². The maximum atomic E-state index is 12.2. The van der Waals surface area contributed by atoms with Gasteiger partial charge in [-0.25, -0.2) is 4.98 Å². The molecule has 164 valence electrons. The summed E-state index contributed by atoms with van der Waals surface area (Å²) in [5.41, 5.74) is 4.65. The van der Waals surface area contributed by atoms with Crippen molar-refractivity contribution >= 4 is 34.3 Å². The van der Waals surface area contributed by atoms with Gasteiger partial charge >= 0.3 is 0 Å². The molecule has 1 N–H and O–H groups in total. The number of amides is 1. The molecule has 0 saturated carbocycles. The second kappa shape index (κ2) is 10.9. The van der Waals surface area contributed by atoms with Crippen LogP contribution in [0.1, 0.15) is 24.1 Å². The number of aromatic nitrogens is 1. The fourth-order valence-electron chi connectivity index (χ4n) is 3.88. The zero-order chi connectivity index (χ0) is 21.5. The van der Waals surface area contributed by atoms with Crippen LogP contribution in [0.5, 0.6) is 0 Å². The molecular formula is C24H30N4OS2. The number of rotatable bonds is 9. The van der Waals surface area contributed by atoms with Crippen molar-refractivity contribution in [2.75, 3.05) is 44.2 Å². The van der Waals surface area contributed by atoms with Gasteiger partial charge in [0.25, 0.3) is 0 Å². The fraction of sp³-hybridized carbons (Fsp3) is 0.417. The number of piperazine rings is 1. The van der Waals surface area contributed by atoms with Crippen LogP contribution in [0.2, 0.25) is 0 Å². The minimum Gasteiger partial charge on any atom is -0.369 e. The first kappa shape index (κ1) is 22.0. The van der Waals surface area contributed by atoms with E-state index in [1.165, 1.54) is 11.3 Å². The average Bonchev–Trinajstić information content (AvgIpc) is 3.46. The molecule has 1 aliphatic heterocycles. The predicted octanol–water partition coefficient (Wildman–Crippen LogP) is 4.44. The van der Waals surface area contributed by atoms with Gasteiger partial charge in [0.05, 0.1) is 12.1 Å². The van der Waals surface area contributed by atoms with Crippen LogP contribution in [0.4, 0.5) is 5.69 Å². The minimum atomic E-state index is 0.0638. The zero-order valence-electron chi connectivity index (χ0n) is 18.0. The standard InChI is InChI=1S/C24H30N4OS2/c1-19-5-4-6-22(15-19)28-12-10-27(11-13-28)9-3-2-8-25-23(29)16-21-18-31-24(26-21)20-7-14-30-17-20/h4-7,14-15,17-18H,2-3,8-13,16H2,1H3,(H,25,29). The molecule has 4 rings (SSSR count). The number of thiophene rings is 1. The van der Waals surface area contributed by atoms with Crippen molar-refractivity contribution in [3.63, 3.8) is 0 Å². The highest BCUT2D eigenvalue weighted by molar-refractivity contribution is 7.14. The minimum absolute atomic E-state index is 0.0638. The molecule has 2 aromatic heterocycles. The van der Waals surface area contributed by atoms with Crippen LogP contribution < -0.4 is 10.2 Å². The van der Waals surface area contributed by atoms with Crippen LogP contribution in [0, 0.1) is 6.92 Å². The topological polar surface area (TPSA) is 48.5 Å². The van der Waals surface area contributed by atoms with Crippen molar-refractivity contribution in [3.8, 4) is 10.6 Å². The Hall–Kier alpha value is -2.22. The first-order valence-corrected chi connectivity index (χ1v) is 12.8. The van der Waals surface area contributed by atoms with E-state index in [4.69, 9.17) is 0 Å². The van der Waals surface area contributed by atoms with E-state index in [1.807, 2.05) is 10.8 Å². The number of anilines is 1. The third kappa shape index (κ3) is 6.38. The molecule has 3 aromatic rings. The van der Waals surface area contributed by atoms with Crippen LogP contribution >= 0.6 is 22.7 Å². The highest BCUT2D eigenvalue weighted by Gasteiger charge is 2.16. The lowest BCUT2D eigenvalue weighted by molar-refractivity contribution is -0.120. The molecule has 7 heteroatoms. The van der Waals surface area contributed by atoms with Gasteiger partial charge in [-0.05, 0) is 55.5 Å². The monoisotopic (exact) mass is 454 g/mol. The molecule has 0 aliphatic carbocycles. The molecular weight excluding hydrogens is 424 g/mol. The fourth-order valence-corrected chi connectivity index (χ4v) is 5.41. The van der Waals surface area contributed by atoms with E-state index in [1.54, 1.807) is 22.7 Å². The van der Waals surface area contributed by atoms with E-state index < -0.39 is 0 Å². The molecule has 0 radical (unpaired) electrons. The number of carbonyl (C=O) groups is 1. The van der Waals surface area contributed by atoms with Crippen molar-refractivity contribution in [2.24, 2.45) is 0 Å². The number of benzene rings is 1. The van der Waals surface area contributed by atoms with Crippen LogP contribution in [-0.4, -0.2) is 55.1 Å². The van der Waals surface area contributed by atoms with Crippen LogP contribution in [0.3, 0.4) is 0 Å². The van der Waals surface area contributed by atoms with Crippen molar-refractivity contribution in [3.05, 3.63) is 57.7 Å². The van der Waals surface area contributed by atoms with Crippen LogP contribution in [0.15, 0.2) is 46.5 Å². The van der Waals surface area contributed by atoms with Gasteiger partial charge in [-0.1, -0.05) is 12.1 Å². The summed E-state index contributed by atoms with van der Waals surface area (Å²) in [6.45, 7) is 8.38. The number of nitrogens with one attached hydrogen (secondary N) is 1. The SMILES string of the molecule is Cc1cccc(N2CCN(CCCCNC(=O)Cc3csc(-c4ccsc4)n3)CC2)c1. The summed E-state index contributed by atoms with van der Waals surface area (Å²) in [7, 11) is 0. The van der Waals surface area contributed by atoms with Gasteiger partial charge in [-0.2, -0.15) is 11.3 Å². The summed E-state index contributed by atoms with van der Waals surface area (Å²) in [6, 6.07) is 10.8. The molecule has 1 aliphatic rings. The number of hydrogen-bond acceptors (Lipinski definition) is 6. The number of thiazole rings is 1. The van der Waals surface area contributed by atoms with Crippen molar-refractivity contribution < 1.29 is 4.79 Å². The Kier molecular flexibility index (Phi) is 7.72. The van der Waals surface area contributed by atoms with E-state index in [0.717, 1.165) is 68.4 Å². The Morgan fingerprint density at radius 1 is 1.13 bits per heavy atom. The lowest BCUT2D eigenvalue weighted by Crippen LogP contribution is -2.46. The Bertz CT molecular complexity index is 962. The van der Waals surface area contributed by atoms with Gasteiger partial charge in [0, 0.05) is 54.7 Å². The molecule has 3 heterocycles. The molecule has 1 aromatic carbocycles. The number of aryl methyl sites for hydroxylation is 1. The van der Waals surface area contributed by atoms with E-state index in [2.05, 4.69) is 62.7 Å². The number of hydrogen-bond donors (Lipinski definition) is 1. The van der Waals surface area contributed by atoms with Crippen molar-refractivity contribution in [1.29, 1.82) is 0 Å². The number of unbranched alkanes of at least 4 members (excludes halogenated alkanes) is 1. The molecule has 1 amide bonds. The second-order valence-corrected chi connectivity index (χ2v) is 9.70. The summed E-state index contributed by atoms with van der Waals surface area (Å²) in [5.74, 6) is 0.0638. The van der Waals surface area contributed by atoms with Gasteiger partial charge in [-0.15, -0.1) is 11.3 Å². The van der Waals surface area contributed by atoms with Crippen molar-refractivity contribution in [1.82, 2.24) is 15.2 Å². The normalized spacial score (nSPS) is 14.7. The molecule has 0 bridgehead atoms. The maximum Gasteiger partial charge on any atom is 0.226 e. The summed E-state index contributed by atoms with van der Waals surface area (Å²) in [4.78, 5) is 21.8. The Morgan fingerprint density at radius 2 is 2.00 bits per heavy atom. The number of nitrogens with zero attached hydrogens (tertiary/aromatic N) is 3. The zero-order valence-corrected chi connectivity index (χ0v) is 19.7. The summed E-state index contributed by atoms with van der Waals surface area (Å²) >= 11 is 3.27. The van der Waals surface area contributed by atoms with Gasteiger partial charge in [-0.3, -0.25) is 9.69 Å². The van der Waals surface area contributed by atoms with E-state index in [0.29, 0.717) is 6.42 Å². The molecule has 0 unspecified atom stereocenters. The second-order valence-electron chi connectivity index (χ2n) is 8.06. The third-order valence-electron chi connectivity index (χ3n) is 5.62.